The highest BCUT2D eigenvalue weighted by atomic mass is 16.2. The summed E-state index contributed by atoms with van der Waals surface area (Å²) in [5.74, 6) is 2.64. The van der Waals surface area contributed by atoms with Crippen molar-refractivity contribution < 1.29 is 9.59 Å². The zero-order valence-corrected chi connectivity index (χ0v) is 18.4. The van der Waals surface area contributed by atoms with Crippen molar-refractivity contribution >= 4 is 11.8 Å². The van der Waals surface area contributed by atoms with E-state index in [1.165, 1.54) is 44.9 Å². The Balaban J connectivity index is 1.31. The van der Waals surface area contributed by atoms with Crippen molar-refractivity contribution in [2.75, 3.05) is 13.1 Å². The summed E-state index contributed by atoms with van der Waals surface area (Å²) in [6.45, 7) is 10.6. The molecule has 4 atom stereocenters. The molecule has 0 bridgehead atoms. The Bertz CT molecular complexity index is 620. The molecule has 3 aliphatic carbocycles. The van der Waals surface area contributed by atoms with Gasteiger partial charge in [-0.05, 0) is 67.6 Å². The molecule has 4 rings (SSSR count). The number of fused-ring (bicyclic) bond motifs is 1. The highest BCUT2D eigenvalue weighted by molar-refractivity contribution is 5.83. The molecule has 0 aromatic heterocycles. The lowest BCUT2D eigenvalue weighted by Crippen LogP contribution is -2.46. The SMILES string of the molecule is CCC(C)(C)C1CCC2(CC1)CC2C(=O)NC1CCCC2CN(C(C)=O)CC21. The first-order valence-corrected chi connectivity index (χ1v) is 11.8. The van der Waals surface area contributed by atoms with Crippen LogP contribution in [0.4, 0.5) is 0 Å². The number of likely N-dealkylation sites (tertiary alicyclic amines) is 1. The number of nitrogens with one attached hydrogen (secondary N) is 1. The van der Waals surface area contributed by atoms with Gasteiger partial charge in [-0.25, -0.2) is 0 Å². The summed E-state index contributed by atoms with van der Waals surface area (Å²) in [5, 5.41) is 3.46. The highest BCUT2D eigenvalue weighted by Gasteiger charge is 2.59. The fourth-order valence-corrected chi connectivity index (χ4v) is 6.73. The summed E-state index contributed by atoms with van der Waals surface area (Å²) >= 11 is 0. The second-order valence-corrected chi connectivity index (χ2v) is 11.1. The van der Waals surface area contributed by atoms with Crippen molar-refractivity contribution in [1.82, 2.24) is 10.2 Å². The molecule has 4 nitrogen and oxygen atoms in total. The topological polar surface area (TPSA) is 49.4 Å². The summed E-state index contributed by atoms with van der Waals surface area (Å²) in [5.41, 5.74) is 0.760. The van der Waals surface area contributed by atoms with E-state index in [9.17, 15) is 9.59 Å². The van der Waals surface area contributed by atoms with Crippen LogP contribution in [-0.4, -0.2) is 35.8 Å². The molecule has 0 aromatic rings. The minimum atomic E-state index is 0.187. The third-order valence-corrected chi connectivity index (χ3v) is 9.38. The molecule has 4 unspecified atom stereocenters. The Labute approximate surface area is 171 Å². The van der Waals surface area contributed by atoms with Crippen LogP contribution in [-0.2, 0) is 9.59 Å². The standard InChI is InChI=1S/C24H40N2O2/c1-5-23(3,4)18-9-11-24(12-10-18)13-20(24)22(28)25-21-8-6-7-17-14-26(16(2)27)15-19(17)21/h17-21H,5-15H2,1-4H3,(H,25,28). The second-order valence-electron chi connectivity index (χ2n) is 11.1. The van der Waals surface area contributed by atoms with Crippen molar-refractivity contribution in [3.8, 4) is 0 Å². The molecule has 1 saturated heterocycles. The number of hydrogen-bond donors (Lipinski definition) is 1. The highest BCUT2D eigenvalue weighted by Crippen LogP contribution is 2.63. The maximum Gasteiger partial charge on any atom is 0.223 e. The average Bonchev–Trinajstić information content (AvgIpc) is 3.17. The van der Waals surface area contributed by atoms with Crippen molar-refractivity contribution in [2.45, 2.75) is 91.5 Å². The van der Waals surface area contributed by atoms with Crippen LogP contribution in [0.5, 0.6) is 0 Å². The predicted octanol–water partition coefficient (Wildman–Crippen LogP) is 4.38. The molecular formula is C24H40N2O2. The van der Waals surface area contributed by atoms with E-state index in [-0.39, 0.29) is 17.9 Å². The fourth-order valence-electron chi connectivity index (χ4n) is 6.73. The van der Waals surface area contributed by atoms with E-state index in [1.807, 2.05) is 4.90 Å². The van der Waals surface area contributed by atoms with Gasteiger partial charge in [-0.2, -0.15) is 0 Å². The van der Waals surface area contributed by atoms with Crippen molar-refractivity contribution in [3.05, 3.63) is 0 Å². The Hall–Kier alpha value is -1.06. The summed E-state index contributed by atoms with van der Waals surface area (Å²) in [4.78, 5) is 26.9. The molecule has 1 spiro atoms. The summed E-state index contributed by atoms with van der Waals surface area (Å²) in [6.07, 6.45) is 10.9. The van der Waals surface area contributed by atoms with Crippen LogP contribution >= 0.6 is 0 Å². The molecule has 28 heavy (non-hydrogen) atoms. The summed E-state index contributed by atoms with van der Waals surface area (Å²) < 4.78 is 0. The Morgan fingerprint density at radius 1 is 1.11 bits per heavy atom. The Morgan fingerprint density at radius 3 is 2.46 bits per heavy atom. The summed E-state index contributed by atoms with van der Waals surface area (Å²) in [6, 6.07) is 0.281. The minimum Gasteiger partial charge on any atom is -0.353 e. The van der Waals surface area contributed by atoms with E-state index < -0.39 is 0 Å². The smallest absolute Gasteiger partial charge is 0.223 e. The lowest BCUT2D eigenvalue weighted by Gasteiger charge is -2.39. The predicted molar refractivity (Wildman–Crippen MR) is 112 cm³/mol. The summed E-state index contributed by atoms with van der Waals surface area (Å²) in [7, 11) is 0. The van der Waals surface area contributed by atoms with E-state index >= 15 is 0 Å². The zero-order valence-electron chi connectivity index (χ0n) is 18.4. The van der Waals surface area contributed by atoms with Crippen LogP contribution < -0.4 is 5.32 Å². The first-order chi connectivity index (χ1) is 13.3. The fraction of sp³-hybridized carbons (Fsp3) is 0.917. The monoisotopic (exact) mass is 388 g/mol. The van der Waals surface area contributed by atoms with Crippen molar-refractivity contribution in [1.29, 1.82) is 0 Å². The first-order valence-electron chi connectivity index (χ1n) is 11.8. The molecule has 4 fully saturated rings. The van der Waals surface area contributed by atoms with Gasteiger partial charge in [-0.15, -0.1) is 0 Å². The Kier molecular flexibility index (Phi) is 5.29. The molecule has 0 radical (unpaired) electrons. The van der Waals surface area contributed by atoms with Crippen LogP contribution in [0.25, 0.3) is 0 Å². The largest absolute Gasteiger partial charge is 0.353 e. The van der Waals surface area contributed by atoms with Gasteiger partial charge in [-0.1, -0.05) is 33.6 Å². The molecule has 158 valence electrons. The zero-order chi connectivity index (χ0) is 20.1. The van der Waals surface area contributed by atoms with Crippen LogP contribution in [0.3, 0.4) is 0 Å². The normalized spacial score (nSPS) is 40.3. The van der Waals surface area contributed by atoms with Crippen LogP contribution in [0.1, 0.15) is 85.5 Å². The molecule has 3 saturated carbocycles. The van der Waals surface area contributed by atoms with E-state index in [2.05, 4.69) is 26.1 Å². The maximum atomic E-state index is 13.1. The van der Waals surface area contributed by atoms with Gasteiger partial charge in [0.05, 0.1) is 0 Å². The molecule has 1 heterocycles. The number of nitrogens with zero attached hydrogens (tertiary/aromatic N) is 1. The molecular weight excluding hydrogens is 348 g/mol. The lowest BCUT2D eigenvalue weighted by molar-refractivity contribution is -0.128. The maximum absolute atomic E-state index is 13.1. The van der Waals surface area contributed by atoms with Crippen LogP contribution in [0.15, 0.2) is 0 Å². The lowest BCUT2D eigenvalue weighted by atomic mass is 9.66. The van der Waals surface area contributed by atoms with Gasteiger partial charge in [0.25, 0.3) is 0 Å². The molecule has 4 aliphatic rings. The van der Waals surface area contributed by atoms with Gasteiger partial charge < -0.3 is 10.2 Å². The minimum absolute atomic E-state index is 0.187. The number of amides is 2. The van der Waals surface area contributed by atoms with Gasteiger partial charge in [0, 0.05) is 37.9 Å². The van der Waals surface area contributed by atoms with Crippen molar-refractivity contribution in [2.24, 2.45) is 34.5 Å². The quantitative estimate of drug-likeness (QED) is 0.777. The molecule has 1 aliphatic heterocycles. The number of hydrogen-bond acceptors (Lipinski definition) is 2. The molecule has 4 heteroatoms. The number of rotatable bonds is 4. The van der Waals surface area contributed by atoms with Gasteiger partial charge >= 0.3 is 0 Å². The third kappa shape index (κ3) is 3.61. The van der Waals surface area contributed by atoms with Gasteiger partial charge in [-0.3, -0.25) is 9.59 Å². The van der Waals surface area contributed by atoms with Gasteiger partial charge in [0.15, 0.2) is 0 Å². The molecule has 0 aromatic carbocycles. The number of carbonyl (C=O) groups is 2. The van der Waals surface area contributed by atoms with Crippen LogP contribution in [0.2, 0.25) is 0 Å². The van der Waals surface area contributed by atoms with Crippen LogP contribution in [0, 0.1) is 34.5 Å². The average molecular weight is 389 g/mol. The second kappa shape index (κ2) is 7.32. The first kappa shape index (κ1) is 20.2. The van der Waals surface area contributed by atoms with Gasteiger partial charge in [0.1, 0.15) is 0 Å². The van der Waals surface area contributed by atoms with E-state index in [0.717, 1.165) is 31.8 Å². The molecule has 2 amide bonds. The van der Waals surface area contributed by atoms with E-state index in [0.29, 0.717) is 28.6 Å². The Morgan fingerprint density at radius 2 is 1.82 bits per heavy atom. The van der Waals surface area contributed by atoms with E-state index in [4.69, 9.17) is 0 Å². The third-order valence-electron chi connectivity index (χ3n) is 9.38. The molecule has 1 N–H and O–H groups in total. The van der Waals surface area contributed by atoms with E-state index in [1.54, 1.807) is 6.92 Å². The number of carbonyl (C=O) groups excluding carboxylic acids is 2. The van der Waals surface area contributed by atoms with Gasteiger partial charge in [0.2, 0.25) is 11.8 Å². The van der Waals surface area contributed by atoms with Crippen molar-refractivity contribution in [3.63, 3.8) is 0 Å².